The zero-order valence-corrected chi connectivity index (χ0v) is 27.7. The molecule has 4 aromatic carbocycles. The van der Waals surface area contributed by atoms with E-state index in [0.717, 1.165) is 15.4 Å². The molecule has 0 heterocycles. The maximum Gasteiger partial charge on any atom is 0.264 e. The van der Waals surface area contributed by atoms with E-state index < -0.39 is 34.1 Å². The molecule has 10 heteroatoms. The van der Waals surface area contributed by atoms with Gasteiger partial charge in [-0.3, -0.25) is 13.9 Å². The van der Waals surface area contributed by atoms with Crippen LogP contribution in [-0.4, -0.2) is 57.5 Å². The molecule has 4 rings (SSSR count). The molecule has 4 aromatic rings. The summed E-state index contributed by atoms with van der Waals surface area (Å²) < 4.78 is 40.4. The minimum absolute atomic E-state index is 0.0343. The molecule has 2 amide bonds. The maximum atomic E-state index is 14.6. The largest absolute Gasteiger partial charge is 0.497 e. The van der Waals surface area contributed by atoms with E-state index in [9.17, 15) is 18.0 Å². The highest BCUT2D eigenvalue weighted by atomic mass is 32.2. The van der Waals surface area contributed by atoms with E-state index in [1.807, 2.05) is 81.4 Å². The predicted octanol–water partition coefficient (Wildman–Crippen LogP) is 5.45. The Morgan fingerprint density at radius 3 is 1.89 bits per heavy atom. The Bertz CT molecular complexity index is 1710. The van der Waals surface area contributed by atoms with Crippen molar-refractivity contribution in [3.63, 3.8) is 0 Å². The summed E-state index contributed by atoms with van der Waals surface area (Å²) in [4.78, 5) is 30.0. The number of benzene rings is 4. The number of rotatable bonds is 13. The lowest BCUT2D eigenvalue weighted by molar-refractivity contribution is -0.140. The Labute approximate surface area is 271 Å². The van der Waals surface area contributed by atoms with Gasteiger partial charge in [0.1, 0.15) is 24.1 Å². The number of hydrogen-bond acceptors (Lipinski definition) is 6. The first kappa shape index (κ1) is 34.1. The zero-order chi connectivity index (χ0) is 33.3. The summed E-state index contributed by atoms with van der Waals surface area (Å²) in [5.74, 6) is -0.144. The lowest BCUT2D eigenvalue weighted by atomic mass is 10.0. The van der Waals surface area contributed by atoms with Gasteiger partial charge < -0.3 is 19.7 Å². The van der Waals surface area contributed by atoms with Crippen molar-refractivity contribution in [3.05, 3.63) is 120 Å². The van der Waals surface area contributed by atoms with Crippen LogP contribution >= 0.6 is 0 Å². The first-order valence-corrected chi connectivity index (χ1v) is 16.4. The molecule has 1 N–H and O–H groups in total. The van der Waals surface area contributed by atoms with Crippen LogP contribution in [0.25, 0.3) is 0 Å². The third-order valence-electron chi connectivity index (χ3n) is 7.25. The van der Waals surface area contributed by atoms with Crippen LogP contribution in [0.1, 0.15) is 31.9 Å². The molecular weight excluding hydrogens is 602 g/mol. The second-order valence-corrected chi connectivity index (χ2v) is 13.7. The van der Waals surface area contributed by atoms with Crippen LogP contribution in [0.3, 0.4) is 0 Å². The summed E-state index contributed by atoms with van der Waals surface area (Å²) in [7, 11) is -1.37. The van der Waals surface area contributed by atoms with Gasteiger partial charge >= 0.3 is 0 Å². The molecule has 0 spiro atoms. The van der Waals surface area contributed by atoms with Gasteiger partial charge in [-0.1, -0.05) is 72.8 Å². The van der Waals surface area contributed by atoms with Crippen molar-refractivity contribution in [1.82, 2.24) is 10.2 Å². The summed E-state index contributed by atoms with van der Waals surface area (Å²) in [5.41, 5.74) is 1.26. The molecule has 0 aliphatic carbocycles. The number of hydrogen-bond donors (Lipinski definition) is 1. The number of ether oxygens (including phenoxy) is 2. The Kier molecular flexibility index (Phi) is 11.1. The number of sulfonamides is 1. The van der Waals surface area contributed by atoms with E-state index in [-0.39, 0.29) is 35.2 Å². The van der Waals surface area contributed by atoms with Gasteiger partial charge in [0.2, 0.25) is 11.8 Å². The number of anilines is 1. The molecule has 0 bridgehead atoms. The fraction of sp³-hybridized carbons (Fsp3) is 0.278. The van der Waals surface area contributed by atoms with E-state index >= 15 is 0 Å². The van der Waals surface area contributed by atoms with Crippen molar-refractivity contribution < 1.29 is 27.5 Å². The van der Waals surface area contributed by atoms with Crippen molar-refractivity contribution in [1.29, 1.82) is 0 Å². The van der Waals surface area contributed by atoms with Crippen molar-refractivity contribution in [3.8, 4) is 11.5 Å². The highest BCUT2D eigenvalue weighted by molar-refractivity contribution is 7.92. The van der Waals surface area contributed by atoms with Gasteiger partial charge in [0, 0.05) is 18.5 Å². The number of methoxy groups -OCH3 is 2. The van der Waals surface area contributed by atoms with E-state index in [1.165, 1.54) is 31.3 Å². The third-order valence-corrected chi connectivity index (χ3v) is 9.02. The molecule has 0 fully saturated rings. The number of nitrogens with one attached hydrogen (secondary N) is 1. The summed E-state index contributed by atoms with van der Waals surface area (Å²) in [6, 6.07) is 30.4. The first-order valence-electron chi connectivity index (χ1n) is 14.9. The van der Waals surface area contributed by atoms with Crippen LogP contribution < -0.4 is 19.1 Å². The van der Waals surface area contributed by atoms with Crippen LogP contribution in [0.2, 0.25) is 0 Å². The summed E-state index contributed by atoms with van der Waals surface area (Å²) in [6.07, 6.45) is 0.223. The molecule has 0 aliphatic heterocycles. The Balaban J connectivity index is 1.83. The fourth-order valence-corrected chi connectivity index (χ4v) is 6.44. The molecule has 0 unspecified atom stereocenters. The van der Waals surface area contributed by atoms with Crippen LogP contribution in [0.15, 0.2) is 114 Å². The topological polar surface area (TPSA) is 105 Å². The van der Waals surface area contributed by atoms with E-state index in [2.05, 4.69) is 5.32 Å². The van der Waals surface area contributed by atoms with E-state index in [1.54, 1.807) is 36.4 Å². The van der Waals surface area contributed by atoms with Gasteiger partial charge in [-0.25, -0.2) is 8.42 Å². The van der Waals surface area contributed by atoms with Crippen LogP contribution in [0.4, 0.5) is 5.69 Å². The monoisotopic (exact) mass is 643 g/mol. The molecule has 0 aliphatic rings. The molecule has 242 valence electrons. The van der Waals surface area contributed by atoms with Gasteiger partial charge in [-0.2, -0.15) is 0 Å². The van der Waals surface area contributed by atoms with Crippen LogP contribution in [0.5, 0.6) is 11.5 Å². The van der Waals surface area contributed by atoms with Crippen molar-refractivity contribution >= 4 is 27.5 Å². The lowest BCUT2D eigenvalue weighted by Crippen LogP contribution is -2.56. The molecule has 1 atom stereocenters. The molecule has 0 aromatic heterocycles. The summed E-state index contributed by atoms with van der Waals surface area (Å²) >= 11 is 0. The van der Waals surface area contributed by atoms with E-state index in [4.69, 9.17) is 9.47 Å². The van der Waals surface area contributed by atoms with Gasteiger partial charge in [-0.15, -0.1) is 0 Å². The third kappa shape index (κ3) is 8.66. The van der Waals surface area contributed by atoms with Crippen LogP contribution in [0, 0.1) is 0 Å². The number of carbonyl (C=O) groups is 2. The summed E-state index contributed by atoms with van der Waals surface area (Å²) in [5, 5.41) is 3.03. The summed E-state index contributed by atoms with van der Waals surface area (Å²) in [6.45, 7) is 5.11. The number of amides is 2. The van der Waals surface area contributed by atoms with Crippen LogP contribution in [-0.2, 0) is 32.6 Å². The number of nitrogens with zero attached hydrogens (tertiary/aromatic N) is 2. The highest BCUT2D eigenvalue weighted by Crippen LogP contribution is 2.33. The highest BCUT2D eigenvalue weighted by Gasteiger charge is 2.36. The average Bonchev–Trinajstić information content (AvgIpc) is 3.05. The number of carbonyl (C=O) groups excluding carboxylic acids is 2. The molecule has 0 radical (unpaired) electrons. The fourth-order valence-electron chi connectivity index (χ4n) is 5.01. The molecule has 46 heavy (non-hydrogen) atoms. The quantitative estimate of drug-likeness (QED) is 0.208. The minimum atomic E-state index is -4.30. The standard InChI is InChI=1S/C36H41N3O6S/c1-36(2,3)37-35(41)32(24-27-14-8-6-9-15-27)38(25-28-16-10-7-11-17-28)34(40)26-39(31-18-12-13-19-33(31)45-5)46(42,43)30-22-20-29(44-4)21-23-30/h6-23,32H,24-26H2,1-5H3,(H,37,41)/t32-/m0/s1. The van der Waals surface area contributed by atoms with Crippen molar-refractivity contribution in [2.24, 2.45) is 0 Å². The Hall–Kier alpha value is -4.83. The Morgan fingerprint density at radius 2 is 1.33 bits per heavy atom. The van der Waals surface area contributed by atoms with Gasteiger partial charge in [0.05, 0.1) is 24.8 Å². The minimum Gasteiger partial charge on any atom is -0.497 e. The van der Waals surface area contributed by atoms with Gasteiger partial charge in [0.15, 0.2) is 0 Å². The average molecular weight is 644 g/mol. The predicted molar refractivity (Wildman–Crippen MR) is 179 cm³/mol. The molecule has 0 saturated carbocycles. The van der Waals surface area contributed by atoms with Crippen molar-refractivity contribution in [2.45, 2.75) is 50.2 Å². The second kappa shape index (κ2) is 15.0. The SMILES string of the molecule is COc1ccc(S(=O)(=O)N(CC(=O)N(Cc2ccccc2)[C@@H](Cc2ccccc2)C(=O)NC(C)(C)C)c2ccccc2OC)cc1. The second-order valence-electron chi connectivity index (χ2n) is 11.8. The maximum absolute atomic E-state index is 14.6. The molecule has 0 saturated heterocycles. The smallest absolute Gasteiger partial charge is 0.264 e. The van der Waals surface area contributed by atoms with Gasteiger partial charge in [-0.05, 0) is 68.3 Å². The normalized spacial score (nSPS) is 12.1. The first-order chi connectivity index (χ1) is 21.9. The number of para-hydroxylation sites is 2. The zero-order valence-electron chi connectivity index (χ0n) is 26.8. The molecule has 9 nitrogen and oxygen atoms in total. The lowest BCUT2D eigenvalue weighted by Gasteiger charge is -2.35. The molecular formula is C36H41N3O6S. The Morgan fingerprint density at radius 1 is 0.761 bits per heavy atom. The van der Waals surface area contributed by atoms with Gasteiger partial charge in [0.25, 0.3) is 10.0 Å². The van der Waals surface area contributed by atoms with E-state index in [0.29, 0.717) is 5.75 Å². The van der Waals surface area contributed by atoms with Crippen molar-refractivity contribution in [2.75, 3.05) is 25.1 Å².